The van der Waals surface area contributed by atoms with E-state index in [1.54, 1.807) is 4.90 Å². The third-order valence-electron chi connectivity index (χ3n) is 2.82. The van der Waals surface area contributed by atoms with Crippen molar-refractivity contribution < 1.29 is 9.53 Å². The number of ether oxygens (including phenoxy) is 1. The lowest BCUT2D eigenvalue weighted by Gasteiger charge is -2.26. The maximum absolute atomic E-state index is 12.1. The first-order chi connectivity index (χ1) is 8.87. The summed E-state index contributed by atoms with van der Waals surface area (Å²) in [4.78, 5) is 13.9. The molecule has 0 saturated heterocycles. The standard InChI is InChI=1S/C14H19BrN2O2/c1-14(2,3)19-13(18)17-8-7-16-12-6-4-5-11(15)10(12)9-17/h4-6,16H,7-9H2,1-3H3. The Kier molecular flexibility index (Phi) is 4.04. The summed E-state index contributed by atoms with van der Waals surface area (Å²) < 4.78 is 6.44. The zero-order chi connectivity index (χ0) is 14.0. The van der Waals surface area contributed by atoms with Crippen LogP contribution in [-0.2, 0) is 11.3 Å². The molecule has 0 spiro atoms. The summed E-state index contributed by atoms with van der Waals surface area (Å²) in [7, 11) is 0. The van der Waals surface area contributed by atoms with E-state index in [9.17, 15) is 4.79 Å². The molecule has 0 bridgehead atoms. The maximum atomic E-state index is 12.1. The van der Waals surface area contributed by atoms with E-state index in [4.69, 9.17) is 4.74 Å². The molecule has 1 aliphatic heterocycles. The number of benzene rings is 1. The van der Waals surface area contributed by atoms with E-state index >= 15 is 0 Å². The highest BCUT2D eigenvalue weighted by Gasteiger charge is 2.25. The molecule has 0 aromatic heterocycles. The molecule has 5 heteroatoms. The molecule has 1 heterocycles. The minimum absolute atomic E-state index is 0.266. The second kappa shape index (κ2) is 5.41. The molecular formula is C14H19BrN2O2. The Morgan fingerprint density at radius 1 is 1.42 bits per heavy atom. The van der Waals surface area contributed by atoms with Crippen molar-refractivity contribution in [1.82, 2.24) is 4.90 Å². The number of halogens is 1. The van der Waals surface area contributed by atoms with Crippen LogP contribution in [0, 0.1) is 0 Å². The fourth-order valence-electron chi connectivity index (χ4n) is 1.96. The molecule has 2 rings (SSSR count). The van der Waals surface area contributed by atoms with Crippen LogP contribution in [0.1, 0.15) is 26.3 Å². The van der Waals surface area contributed by atoms with Gasteiger partial charge < -0.3 is 15.0 Å². The molecule has 1 aromatic rings. The van der Waals surface area contributed by atoms with Crippen molar-refractivity contribution in [3.05, 3.63) is 28.2 Å². The van der Waals surface area contributed by atoms with E-state index in [1.165, 1.54) is 0 Å². The Balaban J connectivity index is 2.18. The van der Waals surface area contributed by atoms with Crippen molar-refractivity contribution in [3.8, 4) is 0 Å². The molecule has 0 unspecified atom stereocenters. The Hall–Kier alpha value is -1.23. The summed E-state index contributed by atoms with van der Waals surface area (Å²) in [5.41, 5.74) is 1.69. The second-order valence-corrected chi connectivity index (χ2v) is 6.45. The molecule has 0 atom stereocenters. The SMILES string of the molecule is CC(C)(C)OC(=O)N1CCNc2cccc(Br)c2C1. The number of nitrogens with zero attached hydrogens (tertiary/aromatic N) is 1. The molecule has 0 saturated carbocycles. The number of rotatable bonds is 0. The zero-order valence-corrected chi connectivity index (χ0v) is 13.1. The Morgan fingerprint density at radius 3 is 2.84 bits per heavy atom. The number of hydrogen-bond donors (Lipinski definition) is 1. The van der Waals surface area contributed by atoms with Gasteiger partial charge in [0.05, 0.1) is 6.54 Å². The van der Waals surface area contributed by atoms with Crippen LogP contribution in [0.2, 0.25) is 0 Å². The van der Waals surface area contributed by atoms with E-state index in [0.717, 1.165) is 22.3 Å². The minimum atomic E-state index is -0.465. The Morgan fingerprint density at radius 2 is 2.16 bits per heavy atom. The predicted octanol–water partition coefficient (Wildman–Crippen LogP) is 3.61. The van der Waals surface area contributed by atoms with E-state index < -0.39 is 5.60 Å². The van der Waals surface area contributed by atoms with Gasteiger partial charge in [0.1, 0.15) is 5.60 Å². The minimum Gasteiger partial charge on any atom is -0.444 e. The first kappa shape index (κ1) is 14.2. The van der Waals surface area contributed by atoms with Gasteiger partial charge in [0, 0.05) is 28.8 Å². The number of carbonyl (C=O) groups is 1. The molecule has 0 aliphatic carbocycles. The van der Waals surface area contributed by atoms with Gasteiger partial charge in [-0.05, 0) is 32.9 Å². The molecule has 1 amide bonds. The number of amides is 1. The summed E-state index contributed by atoms with van der Waals surface area (Å²) in [6.07, 6.45) is -0.266. The maximum Gasteiger partial charge on any atom is 0.410 e. The third kappa shape index (κ3) is 3.62. The van der Waals surface area contributed by atoms with Crippen molar-refractivity contribution in [1.29, 1.82) is 0 Å². The first-order valence-corrected chi connectivity index (χ1v) is 7.15. The van der Waals surface area contributed by atoms with Gasteiger partial charge in [-0.1, -0.05) is 22.0 Å². The van der Waals surface area contributed by atoms with Gasteiger partial charge in [0.2, 0.25) is 0 Å². The van der Waals surface area contributed by atoms with Gasteiger partial charge in [-0.25, -0.2) is 4.79 Å². The predicted molar refractivity (Wildman–Crippen MR) is 79.3 cm³/mol. The summed E-state index contributed by atoms with van der Waals surface area (Å²) >= 11 is 3.54. The third-order valence-corrected chi connectivity index (χ3v) is 3.56. The number of anilines is 1. The summed E-state index contributed by atoms with van der Waals surface area (Å²) in [5.74, 6) is 0. The quantitative estimate of drug-likeness (QED) is 0.791. The number of hydrogen-bond acceptors (Lipinski definition) is 3. The topological polar surface area (TPSA) is 41.6 Å². The summed E-state index contributed by atoms with van der Waals surface area (Å²) in [6, 6.07) is 6.00. The lowest BCUT2D eigenvalue weighted by atomic mass is 10.1. The van der Waals surface area contributed by atoms with Crippen LogP contribution in [0.4, 0.5) is 10.5 Å². The van der Waals surface area contributed by atoms with Crippen LogP contribution >= 0.6 is 15.9 Å². The van der Waals surface area contributed by atoms with Crippen LogP contribution in [0.3, 0.4) is 0 Å². The van der Waals surface area contributed by atoms with Crippen molar-refractivity contribution in [2.24, 2.45) is 0 Å². The molecule has 1 N–H and O–H groups in total. The number of fused-ring (bicyclic) bond motifs is 1. The Labute approximate surface area is 122 Å². The largest absolute Gasteiger partial charge is 0.444 e. The number of nitrogens with one attached hydrogen (secondary N) is 1. The summed E-state index contributed by atoms with van der Waals surface area (Å²) in [6.45, 7) is 7.55. The Bertz CT molecular complexity index is 483. The molecule has 19 heavy (non-hydrogen) atoms. The fourth-order valence-corrected chi connectivity index (χ4v) is 2.45. The van der Waals surface area contributed by atoms with E-state index in [0.29, 0.717) is 13.1 Å². The molecule has 1 aliphatic rings. The number of carbonyl (C=O) groups excluding carboxylic acids is 1. The van der Waals surface area contributed by atoms with Crippen molar-refractivity contribution >= 4 is 27.7 Å². The van der Waals surface area contributed by atoms with Crippen LogP contribution in [0.15, 0.2) is 22.7 Å². The van der Waals surface area contributed by atoms with E-state index in [-0.39, 0.29) is 6.09 Å². The first-order valence-electron chi connectivity index (χ1n) is 6.36. The summed E-state index contributed by atoms with van der Waals surface area (Å²) in [5, 5.41) is 3.33. The monoisotopic (exact) mass is 326 g/mol. The van der Waals surface area contributed by atoms with Crippen molar-refractivity contribution in [2.75, 3.05) is 18.4 Å². The van der Waals surface area contributed by atoms with Crippen LogP contribution in [0.5, 0.6) is 0 Å². The average Bonchev–Trinajstić information content (AvgIpc) is 2.50. The smallest absolute Gasteiger partial charge is 0.410 e. The lowest BCUT2D eigenvalue weighted by molar-refractivity contribution is 0.0244. The highest BCUT2D eigenvalue weighted by molar-refractivity contribution is 9.10. The molecule has 4 nitrogen and oxygen atoms in total. The van der Waals surface area contributed by atoms with Crippen molar-refractivity contribution in [3.63, 3.8) is 0 Å². The van der Waals surface area contributed by atoms with Gasteiger partial charge >= 0.3 is 6.09 Å². The van der Waals surface area contributed by atoms with Gasteiger partial charge in [-0.2, -0.15) is 0 Å². The average molecular weight is 327 g/mol. The van der Waals surface area contributed by atoms with E-state index in [2.05, 4.69) is 21.2 Å². The molecule has 104 valence electrons. The van der Waals surface area contributed by atoms with Gasteiger partial charge in [0.15, 0.2) is 0 Å². The fraction of sp³-hybridized carbons (Fsp3) is 0.500. The normalized spacial score (nSPS) is 15.3. The molecule has 0 radical (unpaired) electrons. The van der Waals surface area contributed by atoms with Crippen LogP contribution in [-0.4, -0.2) is 29.7 Å². The highest BCUT2D eigenvalue weighted by Crippen LogP contribution is 2.28. The van der Waals surface area contributed by atoms with E-state index in [1.807, 2.05) is 39.0 Å². The zero-order valence-electron chi connectivity index (χ0n) is 11.5. The van der Waals surface area contributed by atoms with Gasteiger partial charge in [-0.3, -0.25) is 0 Å². The highest BCUT2D eigenvalue weighted by atomic mass is 79.9. The molecule has 1 aromatic carbocycles. The van der Waals surface area contributed by atoms with Gasteiger partial charge in [0.25, 0.3) is 0 Å². The van der Waals surface area contributed by atoms with Gasteiger partial charge in [-0.15, -0.1) is 0 Å². The van der Waals surface area contributed by atoms with Crippen LogP contribution < -0.4 is 5.32 Å². The molecule has 0 fully saturated rings. The molecular weight excluding hydrogens is 308 g/mol. The lowest BCUT2D eigenvalue weighted by Crippen LogP contribution is -2.37. The second-order valence-electron chi connectivity index (χ2n) is 5.59. The van der Waals surface area contributed by atoms with Crippen LogP contribution in [0.25, 0.3) is 0 Å². The van der Waals surface area contributed by atoms with Crippen molar-refractivity contribution in [2.45, 2.75) is 32.9 Å².